The van der Waals surface area contributed by atoms with Gasteiger partial charge >= 0.3 is 5.97 Å². The van der Waals surface area contributed by atoms with Crippen molar-refractivity contribution in [3.63, 3.8) is 0 Å². The Labute approximate surface area is 106 Å². The molecule has 1 unspecified atom stereocenters. The van der Waals surface area contributed by atoms with Gasteiger partial charge in [-0.25, -0.2) is 4.68 Å². The van der Waals surface area contributed by atoms with Gasteiger partial charge in [0.15, 0.2) is 5.82 Å². The van der Waals surface area contributed by atoms with Crippen molar-refractivity contribution in [1.29, 1.82) is 0 Å². The molecule has 100 valence electrons. The summed E-state index contributed by atoms with van der Waals surface area (Å²) < 4.78 is 1.78. The Morgan fingerprint density at radius 1 is 1.56 bits per heavy atom. The maximum atomic E-state index is 10.5. The third-order valence-electron chi connectivity index (χ3n) is 3.89. The summed E-state index contributed by atoms with van der Waals surface area (Å²) in [4.78, 5) is 10.5. The molecule has 0 radical (unpaired) electrons. The molecule has 1 fully saturated rings. The zero-order valence-corrected chi connectivity index (χ0v) is 11.0. The molecule has 0 amide bonds. The average molecular weight is 252 g/mol. The van der Waals surface area contributed by atoms with Crippen LogP contribution >= 0.6 is 0 Å². The summed E-state index contributed by atoms with van der Waals surface area (Å²) in [5.74, 6) is 0.533. The van der Waals surface area contributed by atoms with E-state index in [1.165, 1.54) is 12.8 Å². The molecule has 1 heterocycles. The van der Waals surface area contributed by atoms with Crippen molar-refractivity contribution < 1.29 is 9.90 Å². The smallest absolute Gasteiger partial charge is 0.303 e. The molecule has 6 heteroatoms. The molecule has 1 atom stereocenters. The monoisotopic (exact) mass is 252 g/mol. The van der Waals surface area contributed by atoms with Gasteiger partial charge in [-0.15, -0.1) is 5.10 Å². The van der Waals surface area contributed by atoms with E-state index in [0.29, 0.717) is 18.9 Å². The summed E-state index contributed by atoms with van der Waals surface area (Å²) in [5, 5.41) is 20.5. The topological polar surface area (TPSA) is 80.9 Å². The molecule has 1 aromatic rings. The van der Waals surface area contributed by atoms with Gasteiger partial charge in [0.25, 0.3) is 0 Å². The molecule has 1 aliphatic carbocycles. The van der Waals surface area contributed by atoms with Crippen LogP contribution in [0.15, 0.2) is 0 Å². The van der Waals surface area contributed by atoms with Crippen molar-refractivity contribution >= 4 is 5.97 Å². The molecular formula is C12H20N4O2. The third kappa shape index (κ3) is 2.68. The van der Waals surface area contributed by atoms with Crippen molar-refractivity contribution in [3.05, 3.63) is 5.82 Å². The van der Waals surface area contributed by atoms with Crippen LogP contribution in [0.5, 0.6) is 0 Å². The van der Waals surface area contributed by atoms with Gasteiger partial charge in [-0.1, -0.05) is 20.3 Å². The van der Waals surface area contributed by atoms with Crippen molar-refractivity contribution in [2.24, 2.45) is 5.41 Å². The highest BCUT2D eigenvalue weighted by Crippen LogP contribution is 2.47. The molecule has 0 bridgehead atoms. The number of carboxylic acids is 1. The van der Waals surface area contributed by atoms with Gasteiger partial charge in [0.05, 0.1) is 0 Å². The van der Waals surface area contributed by atoms with Gasteiger partial charge in [0.2, 0.25) is 0 Å². The summed E-state index contributed by atoms with van der Waals surface area (Å²) >= 11 is 0. The van der Waals surface area contributed by atoms with Gasteiger partial charge in [0.1, 0.15) is 0 Å². The highest BCUT2D eigenvalue weighted by molar-refractivity contribution is 5.66. The SMILES string of the molecule is CC1(C)CCCC1c1nnnn1CCCC(=O)O. The van der Waals surface area contributed by atoms with Crippen LogP contribution in [0.25, 0.3) is 0 Å². The standard InChI is InChI=1S/C12H20N4O2/c1-12(2)7-3-5-9(12)11-13-14-15-16(11)8-4-6-10(17)18/h9H,3-8H2,1-2H3,(H,17,18). The Hall–Kier alpha value is -1.46. The van der Waals surface area contributed by atoms with Crippen molar-refractivity contribution in [2.45, 2.75) is 58.4 Å². The summed E-state index contributed by atoms with van der Waals surface area (Å²) in [7, 11) is 0. The quantitative estimate of drug-likeness (QED) is 0.864. The Morgan fingerprint density at radius 2 is 2.33 bits per heavy atom. The molecule has 0 aromatic carbocycles. The Morgan fingerprint density at radius 3 is 2.94 bits per heavy atom. The minimum Gasteiger partial charge on any atom is -0.481 e. The lowest BCUT2D eigenvalue weighted by molar-refractivity contribution is -0.137. The zero-order valence-electron chi connectivity index (χ0n) is 11.0. The number of nitrogens with zero attached hydrogens (tertiary/aromatic N) is 4. The predicted octanol–water partition coefficient (Wildman–Crippen LogP) is 1.83. The lowest BCUT2D eigenvalue weighted by Crippen LogP contribution is -2.20. The molecule has 0 aliphatic heterocycles. The summed E-state index contributed by atoms with van der Waals surface area (Å²) in [5.41, 5.74) is 0.235. The molecule has 0 saturated heterocycles. The number of aromatic nitrogens is 4. The lowest BCUT2D eigenvalue weighted by Gasteiger charge is -2.25. The fourth-order valence-corrected chi connectivity index (χ4v) is 2.81. The number of hydrogen-bond acceptors (Lipinski definition) is 4. The molecule has 0 spiro atoms. The van der Waals surface area contributed by atoms with Crippen LogP contribution in [0, 0.1) is 5.41 Å². The minimum atomic E-state index is -0.772. The molecule has 2 rings (SSSR count). The highest BCUT2D eigenvalue weighted by atomic mass is 16.4. The largest absolute Gasteiger partial charge is 0.481 e. The van der Waals surface area contributed by atoms with Crippen LogP contribution in [-0.4, -0.2) is 31.3 Å². The fraction of sp³-hybridized carbons (Fsp3) is 0.833. The van der Waals surface area contributed by atoms with Crippen LogP contribution in [0.1, 0.15) is 57.7 Å². The number of carbonyl (C=O) groups is 1. The first kappa shape index (κ1) is 13.0. The van der Waals surface area contributed by atoms with E-state index in [1.54, 1.807) is 4.68 Å². The third-order valence-corrected chi connectivity index (χ3v) is 3.89. The van der Waals surface area contributed by atoms with Crippen LogP contribution < -0.4 is 0 Å². The second-order valence-corrected chi connectivity index (χ2v) is 5.69. The van der Waals surface area contributed by atoms with E-state index >= 15 is 0 Å². The first-order chi connectivity index (χ1) is 8.50. The second-order valence-electron chi connectivity index (χ2n) is 5.69. The molecule has 1 saturated carbocycles. The molecule has 1 aliphatic rings. The summed E-state index contributed by atoms with van der Waals surface area (Å²) in [6, 6.07) is 0. The Kier molecular flexibility index (Phi) is 3.63. The Balaban J connectivity index is 2.05. The van der Waals surface area contributed by atoms with E-state index in [1.807, 2.05) is 0 Å². The molecule has 1 aromatic heterocycles. The highest BCUT2D eigenvalue weighted by Gasteiger charge is 2.38. The number of tetrazole rings is 1. The van der Waals surface area contributed by atoms with E-state index in [4.69, 9.17) is 5.11 Å². The molecule has 18 heavy (non-hydrogen) atoms. The molecule has 6 nitrogen and oxygen atoms in total. The van der Waals surface area contributed by atoms with Crippen LogP contribution in [-0.2, 0) is 11.3 Å². The summed E-state index contributed by atoms with van der Waals surface area (Å²) in [6.07, 6.45) is 4.25. The Bertz CT molecular complexity index is 427. The molecular weight excluding hydrogens is 232 g/mol. The van der Waals surface area contributed by atoms with Crippen LogP contribution in [0.4, 0.5) is 0 Å². The summed E-state index contributed by atoms with van der Waals surface area (Å²) in [6.45, 7) is 5.09. The molecule has 1 N–H and O–H groups in total. The van der Waals surface area contributed by atoms with Crippen LogP contribution in [0.2, 0.25) is 0 Å². The van der Waals surface area contributed by atoms with Gasteiger partial charge in [-0.05, 0) is 35.1 Å². The number of carboxylic acid groups (broad SMARTS) is 1. The van der Waals surface area contributed by atoms with Crippen LogP contribution in [0.3, 0.4) is 0 Å². The number of aryl methyl sites for hydroxylation is 1. The first-order valence-electron chi connectivity index (χ1n) is 6.48. The zero-order chi connectivity index (χ0) is 13.2. The van der Waals surface area contributed by atoms with E-state index in [0.717, 1.165) is 12.2 Å². The minimum absolute atomic E-state index is 0.160. The van der Waals surface area contributed by atoms with Crippen molar-refractivity contribution in [2.75, 3.05) is 0 Å². The van der Waals surface area contributed by atoms with E-state index in [2.05, 4.69) is 29.4 Å². The van der Waals surface area contributed by atoms with E-state index < -0.39 is 5.97 Å². The van der Waals surface area contributed by atoms with E-state index in [9.17, 15) is 4.79 Å². The average Bonchev–Trinajstić information content (AvgIpc) is 2.83. The van der Waals surface area contributed by atoms with Gasteiger partial charge in [-0.2, -0.15) is 0 Å². The fourth-order valence-electron chi connectivity index (χ4n) is 2.81. The number of hydrogen-bond donors (Lipinski definition) is 1. The number of rotatable bonds is 5. The van der Waals surface area contributed by atoms with Crippen molar-refractivity contribution in [3.8, 4) is 0 Å². The van der Waals surface area contributed by atoms with Gasteiger partial charge in [0, 0.05) is 18.9 Å². The number of aliphatic carboxylic acids is 1. The van der Waals surface area contributed by atoms with Gasteiger partial charge < -0.3 is 5.11 Å². The normalized spacial score (nSPS) is 22.2. The predicted molar refractivity (Wildman–Crippen MR) is 65.1 cm³/mol. The lowest BCUT2D eigenvalue weighted by atomic mass is 9.81. The first-order valence-corrected chi connectivity index (χ1v) is 6.48. The van der Waals surface area contributed by atoms with E-state index in [-0.39, 0.29) is 11.8 Å². The maximum absolute atomic E-state index is 10.5. The second kappa shape index (κ2) is 5.04. The van der Waals surface area contributed by atoms with Gasteiger partial charge in [-0.3, -0.25) is 4.79 Å². The maximum Gasteiger partial charge on any atom is 0.303 e. The van der Waals surface area contributed by atoms with Crippen molar-refractivity contribution in [1.82, 2.24) is 20.2 Å².